The largest absolute Gasteiger partial charge is 0.409 e. The number of amidine groups is 1. The zero-order valence-corrected chi connectivity index (χ0v) is 10.8. The minimum Gasteiger partial charge on any atom is -0.409 e. The van der Waals surface area contributed by atoms with Gasteiger partial charge in [-0.15, -0.1) is 11.3 Å². The molecule has 0 aliphatic rings. The first kappa shape index (κ1) is 13.4. The fourth-order valence-corrected chi connectivity index (χ4v) is 1.77. The summed E-state index contributed by atoms with van der Waals surface area (Å²) in [4.78, 5) is 16.1. The molecular weight excluding hydrogens is 240 g/mol. The van der Waals surface area contributed by atoms with Gasteiger partial charge in [0.05, 0.1) is 6.04 Å². The Morgan fingerprint density at radius 1 is 1.71 bits per heavy atom. The predicted molar refractivity (Wildman–Crippen MR) is 65.9 cm³/mol. The van der Waals surface area contributed by atoms with Crippen molar-refractivity contribution in [2.24, 2.45) is 16.3 Å². The fraction of sp³-hybridized carbons (Fsp3) is 0.500. The van der Waals surface area contributed by atoms with Crippen LogP contribution >= 0.6 is 11.3 Å². The first-order chi connectivity index (χ1) is 7.89. The zero-order valence-electron chi connectivity index (χ0n) is 9.97. The molecule has 17 heavy (non-hydrogen) atoms. The van der Waals surface area contributed by atoms with Crippen molar-refractivity contribution in [3.05, 3.63) is 16.6 Å². The normalized spacial score (nSPS) is 14.4. The van der Waals surface area contributed by atoms with Gasteiger partial charge in [0.25, 0.3) is 0 Å². The van der Waals surface area contributed by atoms with Crippen LogP contribution in [0.15, 0.2) is 16.7 Å². The lowest BCUT2D eigenvalue weighted by molar-refractivity contribution is -0.127. The van der Waals surface area contributed by atoms with Gasteiger partial charge in [0.15, 0.2) is 5.84 Å². The standard InChI is InChI=1S/C10H16N4O2S/c1-6(7-12-4-5-17-7)13-9(15)10(2,3)8(11)14-16/h4-6,16H,1-3H3,(H2,11,14)(H,13,15). The SMILES string of the molecule is CC(NC(=O)C(C)(C)C(N)=NO)c1nccs1. The van der Waals surface area contributed by atoms with Crippen molar-refractivity contribution in [3.63, 3.8) is 0 Å². The van der Waals surface area contributed by atoms with E-state index >= 15 is 0 Å². The molecule has 94 valence electrons. The number of amides is 1. The quantitative estimate of drug-likeness (QED) is 0.325. The molecule has 0 aliphatic heterocycles. The van der Waals surface area contributed by atoms with Gasteiger partial charge in [-0.05, 0) is 20.8 Å². The topological polar surface area (TPSA) is 101 Å². The highest BCUT2D eigenvalue weighted by Crippen LogP contribution is 2.20. The minimum atomic E-state index is -1.06. The summed E-state index contributed by atoms with van der Waals surface area (Å²) in [6.45, 7) is 5.01. The summed E-state index contributed by atoms with van der Waals surface area (Å²) < 4.78 is 0. The molecule has 0 saturated carbocycles. The first-order valence-electron chi connectivity index (χ1n) is 5.08. The maximum Gasteiger partial charge on any atom is 0.233 e. The highest BCUT2D eigenvalue weighted by atomic mass is 32.1. The second kappa shape index (κ2) is 5.13. The second-order valence-corrected chi connectivity index (χ2v) is 5.10. The Hall–Kier alpha value is -1.63. The molecule has 0 fully saturated rings. The number of carbonyl (C=O) groups excluding carboxylic acids is 1. The smallest absolute Gasteiger partial charge is 0.233 e. The fourth-order valence-electron chi connectivity index (χ4n) is 1.13. The molecule has 1 aromatic rings. The van der Waals surface area contributed by atoms with Gasteiger partial charge in [0, 0.05) is 11.6 Å². The van der Waals surface area contributed by atoms with Crippen molar-refractivity contribution in [3.8, 4) is 0 Å². The molecule has 1 atom stereocenters. The van der Waals surface area contributed by atoms with E-state index in [4.69, 9.17) is 10.9 Å². The molecule has 1 heterocycles. The average molecular weight is 256 g/mol. The Bertz CT molecular complexity index is 414. The van der Waals surface area contributed by atoms with Crippen molar-refractivity contribution < 1.29 is 10.0 Å². The van der Waals surface area contributed by atoms with Crippen LogP contribution in [0.4, 0.5) is 0 Å². The van der Waals surface area contributed by atoms with E-state index in [9.17, 15) is 4.79 Å². The van der Waals surface area contributed by atoms with Crippen molar-refractivity contribution in [2.75, 3.05) is 0 Å². The molecule has 0 radical (unpaired) electrons. The third kappa shape index (κ3) is 2.94. The third-order valence-corrected chi connectivity index (χ3v) is 3.44. The lowest BCUT2D eigenvalue weighted by Gasteiger charge is -2.23. The van der Waals surface area contributed by atoms with Gasteiger partial charge in [-0.25, -0.2) is 4.98 Å². The number of aromatic nitrogens is 1. The number of nitrogens with two attached hydrogens (primary N) is 1. The van der Waals surface area contributed by atoms with Crippen LogP contribution < -0.4 is 11.1 Å². The number of carbonyl (C=O) groups is 1. The van der Waals surface area contributed by atoms with Crippen LogP contribution in [0.5, 0.6) is 0 Å². The van der Waals surface area contributed by atoms with E-state index in [1.54, 1.807) is 20.0 Å². The molecule has 6 nitrogen and oxygen atoms in total. The van der Waals surface area contributed by atoms with E-state index in [-0.39, 0.29) is 17.8 Å². The molecule has 0 aromatic carbocycles. The highest BCUT2D eigenvalue weighted by molar-refractivity contribution is 7.09. The monoisotopic (exact) mass is 256 g/mol. The summed E-state index contributed by atoms with van der Waals surface area (Å²) in [5, 5.41) is 16.9. The number of nitrogens with zero attached hydrogens (tertiary/aromatic N) is 2. The van der Waals surface area contributed by atoms with E-state index in [0.717, 1.165) is 5.01 Å². The Balaban J connectivity index is 2.73. The van der Waals surface area contributed by atoms with E-state index in [1.807, 2.05) is 12.3 Å². The summed E-state index contributed by atoms with van der Waals surface area (Å²) in [5.41, 5.74) is 4.42. The predicted octanol–water partition coefficient (Wildman–Crippen LogP) is 1.09. The number of oxime groups is 1. The lowest BCUT2D eigenvalue weighted by Crippen LogP contribution is -2.46. The molecule has 1 amide bonds. The minimum absolute atomic E-state index is 0.124. The van der Waals surface area contributed by atoms with E-state index in [2.05, 4.69) is 15.5 Å². The van der Waals surface area contributed by atoms with Gasteiger partial charge in [-0.1, -0.05) is 5.16 Å². The second-order valence-electron chi connectivity index (χ2n) is 4.18. The molecule has 1 unspecified atom stereocenters. The van der Waals surface area contributed by atoms with Gasteiger partial charge in [0.1, 0.15) is 10.4 Å². The average Bonchev–Trinajstić information content (AvgIpc) is 2.81. The summed E-state index contributed by atoms with van der Waals surface area (Å²) in [6, 6.07) is -0.201. The van der Waals surface area contributed by atoms with E-state index in [1.165, 1.54) is 11.3 Å². The molecule has 0 aliphatic carbocycles. The number of nitrogens with one attached hydrogen (secondary N) is 1. The molecule has 7 heteroatoms. The van der Waals surface area contributed by atoms with Gasteiger partial charge in [-0.3, -0.25) is 4.79 Å². The Labute approximate surface area is 104 Å². The first-order valence-corrected chi connectivity index (χ1v) is 5.96. The molecule has 0 saturated heterocycles. The van der Waals surface area contributed by atoms with E-state index < -0.39 is 5.41 Å². The van der Waals surface area contributed by atoms with Crippen LogP contribution in [0.25, 0.3) is 0 Å². The highest BCUT2D eigenvalue weighted by Gasteiger charge is 2.33. The molecule has 1 aromatic heterocycles. The van der Waals surface area contributed by atoms with Crippen LogP contribution in [-0.2, 0) is 4.79 Å². The van der Waals surface area contributed by atoms with Gasteiger partial charge >= 0.3 is 0 Å². The number of hydrogen-bond donors (Lipinski definition) is 3. The number of rotatable bonds is 4. The van der Waals surface area contributed by atoms with Crippen molar-refractivity contribution in [1.82, 2.24) is 10.3 Å². The third-order valence-electron chi connectivity index (χ3n) is 2.49. The molecule has 0 bridgehead atoms. The van der Waals surface area contributed by atoms with Gasteiger partial charge in [0.2, 0.25) is 5.91 Å². The molecule has 1 rings (SSSR count). The Morgan fingerprint density at radius 2 is 2.35 bits per heavy atom. The van der Waals surface area contributed by atoms with Gasteiger partial charge < -0.3 is 16.3 Å². The summed E-state index contributed by atoms with van der Waals surface area (Å²) in [5.74, 6) is -0.433. The number of hydrogen-bond acceptors (Lipinski definition) is 5. The van der Waals surface area contributed by atoms with Crippen LogP contribution in [-0.4, -0.2) is 21.9 Å². The van der Waals surface area contributed by atoms with Crippen LogP contribution in [0, 0.1) is 5.41 Å². The maximum atomic E-state index is 12.0. The van der Waals surface area contributed by atoms with Crippen LogP contribution in [0.2, 0.25) is 0 Å². The van der Waals surface area contributed by atoms with Crippen LogP contribution in [0.1, 0.15) is 31.8 Å². The van der Waals surface area contributed by atoms with E-state index in [0.29, 0.717) is 0 Å². The maximum absolute atomic E-state index is 12.0. The molecule has 0 spiro atoms. The lowest BCUT2D eigenvalue weighted by atomic mass is 9.90. The summed E-state index contributed by atoms with van der Waals surface area (Å²) in [6.07, 6.45) is 1.68. The van der Waals surface area contributed by atoms with Crippen molar-refractivity contribution in [1.29, 1.82) is 0 Å². The van der Waals surface area contributed by atoms with Crippen LogP contribution in [0.3, 0.4) is 0 Å². The number of thiazole rings is 1. The van der Waals surface area contributed by atoms with Crippen molar-refractivity contribution in [2.45, 2.75) is 26.8 Å². The summed E-state index contributed by atoms with van der Waals surface area (Å²) in [7, 11) is 0. The van der Waals surface area contributed by atoms with Gasteiger partial charge in [-0.2, -0.15) is 0 Å². The summed E-state index contributed by atoms with van der Waals surface area (Å²) >= 11 is 1.46. The zero-order chi connectivity index (χ0) is 13.1. The molecular formula is C10H16N4O2S. The Kier molecular flexibility index (Phi) is 4.06. The van der Waals surface area contributed by atoms with Crippen molar-refractivity contribution >= 4 is 23.1 Å². The Morgan fingerprint density at radius 3 is 2.82 bits per heavy atom. The molecule has 4 N–H and O–H groups in total.